The van der Waals surface area contributed by atoms with Crippen LogP contribution in [0.4, 0.5) is 17.1 Å². The average molecular weight is 276 g/mol. The summed E-state index contributed by atoms with van der Waals surface area (Å²) in [6.45, 7) is 2.04. The Bertz CT molecular complexity index is 573. The Morgan fingerprint density at radius 2 is 1.05 bits per heavy atom. The molecule has 3 N–H and O–H groups in total. The van der Waals surface area contributed by atoms with Gasteiger partial charge in [0.05, 0.1) is 0 Å². The highest BCUT2D eigenvalue weighted by Crippen LogP contribution is 2.14. The fourth-order valence-electron chi connectivity index (χ4n) is 1.78. The second-order valence-electron chi connectivity index (χ2n) is 4.77. The van der Waals surface area contributed by atoms with E-state index in [1.807, 2.05) is 91.9 Å². The number of anilines is 3. The van der Waals surface area contributed by atoms with Crippen molar-refractivity contribution in [2.24, 2.45) is 0 Å². The Hall–Kier alpha value is -2.74. The monoisotopic (exact) mass is 276 g/mol. The minimum absolute atomic E-state index is 0.829. The van der Waals surface area contributed by atoms with E-state index in [-0.39, 0.29) is 0 Å². The summed E-state index contributed by atoms with van der Waals surface area (Å²) in [4.78, 5) is 0. The second kappa shape index (κ2) is 7.75. The highest BCUT2D eigenvalue weighted by Gasteiger charge is 1.89. The summed E-state index contributed by atoms with van der Waals surface area (Å²) >= 11 is 0. The molecule has 0 aliphatic carbocycles. The fourth-order valence-corrected chi connectivity index (χ4v) is 1.78. The molecule has 0 unspecified atom stereocenters. The van der Waals surface area contributed by atoms with Crippen LogP contribution in [0.3, 0.4) is 0 Å². The van der Waals surface area contributed by atoms with E-state index in [2.05, 4.69) is 5.32 Å². The lowest BCUT2D eigenvalue weighted by atomic mass is 10.2. The zero-order chi connectivity index (χ0) is 14.9. The normalized spacial score (nSPS) is 9.38. The molecule has 0 saturated carbocycles. The van der Waals surface area contributed by atoms with Crippen molar-refractivity contribution < 1.29 is 0 Å². The molecular formula is C19H20N2. The van der Waals surface area contributed by atoms with Crippen LogP contribution < -0.4 is 11.1 Å². The van der Waals surface area contributed by atoms with E-state index in [0.29, 0.717) is 0 Å². The molecule has 3 rings (SSSR count). The van der Waals surface area contributed by atoms with Crippen LogP contribution in [0.25, 0.3) is 0 Å². The van der Waals surface area contributed by atoms with Crippen molar-refractivity contribution in [1.82, 2.24) is 0 Å². The van der Waals surface area contributed by atoms with Crippen LogP contribution in [0, 0.1) is 6.92 Å². The van der Waals surface area contributed by atoms with Crippen molar-refractivity contribution in [2.75, 3.05) is 11.1 Å². The Labute approximate surface area is 126 Å². The van der Waals surface area contributed by atoms with Crippen molar-refractivity contribution in [1.29, 1.82) is 0 Å². The maximum absolute atomic E-state index is 5.43. The Morgan fingerprint density at radius 3 is 1.43 bits per heavy atom. The lowest BCUT2D eigenvalue weighted by Crippen LogP contribution is -1.87. The number of hydrogen-bond donors (Lipinski definition) is 2. The van der Waals surface area contributed by atoms with Crippen molar-refractivity contribution in [3.8, 4) is 0 Å². The maximum Gasteiger partial charge on any atom is 0.0384 e. The number of nitrogens with two attached hydrogens (primary N) is 1. The predicted octanol–water partition coefficient (Wildman–Crippen LogP) is 5.01. The Morgan fingerprint density at radius 1 is 0.619 bits per heavy atom. The third-order valence-electron chi connectivity index (χ3n) is 2.91. The molecule has 0 aliphatic rings. The highest BCUT2D eigenvalue weighted by atomic mass is 14.9. The first-order valence-corrected chi connectivity index (χ1v) is 6.93. The molecule has 2 heteroatoms. The van der Waals surface area contributed by atoms with Gasteiger partial charge in [0.25, 0.3) is 0 Å². The smallest absolute Gasteiger partial charge is 0.0384 e. The molecule has 0 saturated heterocycles. The van der Waals surface area contributed by atoms with Crippen LogP contribution in [0.1, 0.15) is 5.56 Å². The first-order chi connectivity index (χ1) is 10.2. The van der Waals surface area contributed by atoms with E-state index < -0.39 is 0 Å². The summed E-state index contributed by atoms with van der Waals surface area (Å²) in [7, 11) is 0. The molecule has 21 heavy (non-hydrogen) atoms. The van der Waals surface area contributed by atoms with Gasteiger partial charge in [0, 0.05) is 17.1 Å². The molecule has 0 aliphatic heterocycles. The van der Waals surface area contributed by atoms with Crippen molar-refractivity contribution in [3.63, 3.8) is 0 Å². The molecule has 106 valence electrons. The standard InChI is InChI=1S/C12H11N.C7H9N/c1-3-7-11(8-4-1)13-12-9-5-2-6-10-12;1-6-2-4-7(8)5-3-6/h1-10,13H;2-5H,8H2,1H3. The van der Waals surface area contributed by atoms with Gasteiger partial charge in [-0.3, -0.25) is 0 Å². The molecule has 0 radical (unpaired) electrons. The zero-order valence-corrected chi connectivity index (χ0v) is 12.2. The molecule has 0 atom stereocenters. The molecule has 3 aromatic rings. The highest BCUT2D eigenvalue weighted by molar-refractivity contribution is 5.58. The van der Waals surface area contributed by atoms with Gasteiger partial charge < -0.3 is 11.1 Å². The van der Waals surface area contributed by atoms with Gasteiger partial charge in [0.2, 0.25) is 0 Å². The minimum Gasteiger partial charge on any atom is -0.399 e. The number of para-hydroxylation sites is 2. The molecule has 0 heterocycles. The van der Waals surface area contributed by atoms with Gasteiger partial charge in [0.1, 0.15) is 0 Å². The number of aryl methyl sites for hydroxylation is 1. The number of nitrogen functional groups attached to an aromatic ring is 1. The number of hydrogen-bond acceptors (Lipinski definition) is 2. The predicted molar refractivity (Wildman–Crippen MR) is 91.8 cm³/mol. The van der Waals surface area contributed by atoms with Gasteiger partial charge in [-0.05, 0) is 43.3 Å². The van der Waals surface area contributed by atoms with Gasteiger partial charge in [-0.15, -0.1) is 0 Å². The van der Waals surface area contributed by atoms with E-state index in [4.69, 9.17) is 5.73 Å². The van der Waals surface area contributed by atoms with Crippen LogP contribution in [-0.2, 0) is 0 Å². The Kier molecular flexibility index (Phi) is 5.41. The summed E-state index contributed by atoms with van der Waals surface area (Å²) in [6.07, 6.45) is 0. The van der Waals surface area contributed by atoms with Crippen molar-refractivity contribution in [2.45, 2.75) is 6.92 Å². The third kappa shape index (κ3) is 5.41. The van der Waals surface area contributed by atoms with Crippen LogP contribution in [-0.4, -0.2) is 0 Å². The molecular weight excluding hydrogens is 256 g/mol. The van der Waals surface area contributed by atoms with Crippen LogP contribution >= 0.6 is 0 Å². The SMILES string of the molecule is Cc1ccc(N)cc1.c1ccc(Nc2ccccc2)cc1. The van der Waals surface area contributed by atoms with E-state index in [1.165, 1.54) is 5.56 Å². The van der Waals surface area contributed by atoms with Gasteiger partial charge in [0.15, 0.2) is 0 Å². The summed E-state index contributed by atoms with van der Waals surface area (Å²) < 4.78 is 0. The van der Waals surface area contributed by atoms with Crippen LogP contribution in [0.5, 0.6) is 0 Å². The number of benzene rings is 3. The van der Waals surface area contributed by atoms with Gasteiger partial charge in [-0.2, -0.15) is 0 Å². The molecule has 0 aromatic heterocycles. The van der Waals surface area contributed by atoms with Crippen LogP contribution in [0.2, 0.25) is 0 Å². The lowest BCUT2D eigenvalue weighted by molar-refractivity contribution is 1.47. The molecule has 0 fully saturated rings. The maximum atomic E-state index is 5.43. The molecule has 0 bridgehead atoms. The molecule has 0 spiro atoms. The Balaban J connectivity index is 0.000000173. The molecule has 2 nitrogen and oxygen atoms in total. The lowest BCUT2D eigenvalue weighted by Gasteiger charge is -2.04. The first-order valence-electron chi connectivity index (χ1n) is 6.93. The van der Waals surface area contributed by atoms with Gasteiger partial charge in [-0.1, -0.05) is 54.1 Å². The number of nitrogens with one attached hydrogen (secondary N) is 1. The van der Waals surface area contributed by atoms with E-state index in [0.717, 1.165) is 17.1 Å². The van der Waals surface area contributed by atoms with E-state index >= 15 is 0 Å². The fraction of sp³-hybridized carbons (Fsp3) is 0.0526. The van der Waals surface area contributed by atoms with E-state index in [1.54, 1.807) is 0 Å². The van der Waals surface area contributed by atoms with Crippen molar-refractivity contribution >= 4 is 17.1 Å². The molecule has 3 aromatic carbocycles. The zero-order valence-electron chi connectivity index (χ0n) is 12.2. The van der Waals surface area contributed by atoms with Gasteiger partial charge in [-0.25, -0.2) is 0 Å². The third-order valence-corrected chi connectivity index (χ3v) is 2.91. The summed E-state index contributed by atoms with van der Waals surface area (Å²) in [5.74, 6) is 0. The summed E-state index contributed by atoms with van der Waals surface area (Å²) in [5.41, 5.74) is 9.74. The molecule has 0 amide bonds. The first kappa shape index (κ1) is 14.7. The summed E-state index contributed by atoms with van der Waals surface area (Å²) in [5, 5.41) is 3.30. The van der Waals surface area contributed by atoms with E-state index in [9.17, 15) is 0 Å². The van der Waals surface area contributed by atoms with Crippen LogP contribution in [0.15, 0.2) is 84.9 Å². The largest absolute Gasteiger partial charge is 0.399 e. The quantitative estimate of drug-likeness (QED) is 0.646. The second-order valence-corrected chi connectivity index (χ2v) is 4.77. The topological polar surface area (TPSA) is 38.0 Å². The minimum atomic E-state index is 0.829. The summed E-state index contributed by atoms with van der Waals surface area (Å²) in [6, 6.07) is 28.1. The number of rotatable bonds is 2. The average Bonchev–Trinajstić information content (AvgIpc) is 2.53. The van der Waals surface area contributed by atoms with Crippen molar-refractivity contribution in [3.05, 3.63) is 90.5 Å². The van der Waals surface area contributed by atoms with Gasteiger partial charge >= 0.3 is 0 Å².